The zero-order valence-corrected chi connectivity index (χ0v) is 15.1. The van der Waals surface area contributed by atoms with Crippen LogP contribution in [-0.2, 0) is 4.79 Å². The number of hydrogen-bond acceptors (Lipinski definition) is 3. The molecule has 27 heavy (non-hydrogen) atoms. The molecule has 0 saturated carbocycles. The number of hydrogen-bond donors (Lipinski definition) is 0. The number of piperazine rings is 1. The maximum absolute atomic E-state index is 13.0. The van der Waals surface area contributed by atoms with E-state index in [1.54, 1.807) is 21.9 Å². The molecular formula is C21H21N3O3. The Kier molecular flexibility index (Phi) is 4.39. The van der Waals surface area contributed by atoms with Crippen LogP contribution in [0.4, 0.5) is 4.79 Å². The first-order valence-electron chi connectivity index (χ1n) is 9.11. The molecule has 2 saturated heterocycles. The summed E-state index contributed by atoms with van der Waals surface area (Å²) in [6.45, 7) is 2.88. The average molecular weight is 363 g/mol. The number of benzene rings is 2. The van der Waals surface area contributed by atoms with Crippen LogP contribution >= 0.6 is 0 Å². The van der Waals surface area contributed by atoms with Gasteiger partial charge < -0.3 is 9.80 Å². The summed E-state index contributed by atoms with van der Waals surface area (Å²) in [5, 5.41) is 0. The van der Waals surface area contributed by atoms with E-state index >= 15 is 0 Å². The summed E-state index contributed by atoms with van der Waals surface area (Å²) in [6, 6.07) is 17.3. The van der Waals surface area contributed by atoms with Gasteiger partial charge in [-0.25, -0.2) is 4.79 Å². The summed E-state index contributed by atoms with van der Waals surface area (Å²) < 4.78 is 0. The third-order valence-corrected chi connectivity index (χ3v) is 5.33. The first-order chi connectivity index (χ1) is 13.1. The van der Waals surface area contributed by atoms with E-state index in [9.17, 15) is 14.4 Å². The van der Waals surface area contributed by atoms with E-state index in [-0.39, 0.29) is 30.4 Å². The van der Waals surface area contributed by atoms with Crippen LogP contribution in [0.2, 0.25) is 0 Å². The van der Waals surface area contributed by atoms with Crippen LogP contribution in [-0.4, -0.2) is 58.2 Å². The third-order valence-electron chi connectivity index (χ3n) is 5.33. The van der Waals surface area contributed by atoms with Crippen LogP contribution in [0.25, 0.3) is 0 Å². The fourth-order valence-electron chi connectivity index (χ4n) is 3.80. The molecule has 2 unspecified atom stereocenters. The zero-order chi connectivity index (χ0) is 19.0. The van der Waals surface area contributed by atoms with Crippen LogP contribution in [0.5, 0.6) is 0 Å². The number of rotatable bonds is 3. The Hall–Kier alpha value is -3.15. The van der Waals surface area contributed by atoms with Crippen molar-refractivity contribution in [2.75, 3.05) is 19.6 Å². The Balaban J connectivity index is 1.54. The molecule has 2 aromatic carbocycles. The second-order valence-corrected chi connectivity index (χ2v) is 6.90. The Labute approximate surface area is 158 Å². The van der Waals surface area contributed by atoms with Gasteiger partial charge in [0.15, 0.2) is 0 Å². The van der Waals surface area contributed by atoms with E-state index in [2.05, 4.69) is 0 Å². The van der Waals surface area contributed by atoms with E-state index < -0.39 is 6.04 Å². The molecule has 0 aromatic heterocycles. The molecule has 2 aromatic rings. The van der Waals surface area contributed by atoms with Crippen molar-refractivity contribution in [1.29, 1.82) is 0 Å². The van der Waals surface area contributed by atoms with Crippen molar-refractivity contribution in [2.24, 2.45) is 0 Å². The molecule has 0 aliphatic carbocycles. The monoisotopic (exact) mass is 363 g/mol. The molecule has 2 aliphatic heterocycles. The fraction of sp³-hybridized carbons (Fsp3) is 0.286. The first-order valence-corrected chi connectivity index (χ1v) is 9.11. The minimum Gasteiger partial charge on any atom is -0.334 e. The molecule has 6 nitrogen and oxygen atoms in total. The fourth-order valence-corrected chi connectivity index (χ4v) is 3.80. The largest absolute Gasteiger partial charge is 0.334 e. The van der Waals surface area contributed by atoms with Crippen molar-refractivity contribution in [1.82, 2.24) is 14.7 Å². The molecule has 6 heteroatoms. The Morgan fingerprint density at radius 2 is 1.59 bits per heavy atom. The molecule has 0 N–H and O–H groups in total. The van der Waals surface area contributed by atoms with Gasteiger partial charge in [0.25, 0.3) is 11.8 Å². The highest BCUT2D eigenvalue weighted by molar-refractivity contribution is 6.05. The summed E-state index contributed by atoms with van der Waals surface area (Å²) in [5.74, 6) is -0.341. The quantitative estimate of drug-likeness (QED) is 0.788. The van der Waals surface area contributed by atoms with Gasteiger partial charge in [0.2, 0.25) is 0 Å². The number of carbonyl (C=O) groups excluding carboxylic acids is 3. The molecule has 0 bridgehead atoms. The Morgan fingerprint density at radius 3 is 2.26 bits per heavy atom. The van der Waals surface area contributed by atoms with Crippen molar-refractivity contribution >= 4 is 17.8 Å². The van der Waals surface area contributed by atoms with Crippen LogP contribution in [0, 0.1) is 0 Å². The smallest absolute Gasteiger partial charge is 0.328 e. The van der Waals surface area contributed by atoms with Gasteiger partial charge in [-0.1, -0.05) is 48.5 Å². The number of nitrogens with zero attached hydrogens (tertiary/aromatic N) is 3. The summed E-state index contributed by atoms with van der Waals surface area (Å²) in [5.41, 5.74) is 1.51. The van der Waals surface area contributed by atoms with Crippen molar-refractivity contribution in [2.45, 2.75) is 19.0 Å². The molecule has 2 heterocycles. The summed E-state index contributed by atoms with van der Waals surface area (Å²) >= 11 is 0. The number of amides is 4. The summed E-state index contributed by atoms with van der Waals surface area (Å²) in [7, 11) is 0. The van der Waals surface area contributed by atoms with Crippen LogP contribution in [0.1, 0.15) is 28.9 Å². The van der Waals surface area contributed by atoms with E-state index in [0.717, 1.165) is 5.56 Å². The van der Waals surface area contributed by atoms with Gasteiger partial charge in [0.1, 0.15) is 6.04 Å². The predicted molar refractivity (Wildman–Crippen MR) is 99.9 cm³/mol. The van der Waals surface area contributed by atoms with Crippen molar-refractivity contribution < 1.29 is 14.4 Å². The van der Waals surface area contributed by atoms with Gasteiger partial charge in [0.05, 0.1) is 12.6 Å². The lowest BCUT2D eigenvalue weighted by Gasteiger charge is -2.35. The lowest BCUT2D eigenvalue weighted by Crippen LogP contribution is -2.54. The molecule has 2 aliphatic rings. The van der Waals surface area contributed by atoms with Crippen LogP contribution in [0.15, 0.2) is 60.7 Å². The number of fused-ring (bicyclic) bond motifs is 1. The standard InChI is InChI=1S/C21H21N3O3/c1-15(16-8-4-2-5-9-16)24-20(26)18-14-22(12-13-23(18)21(24)27)19(25)17-10-6-3-7-11-17/h2-11,15,18H,12-14H2,1H3. The lowest BCUT2D eigenvalue weighted by atomic mass is 10.1. The van der Waals surface area contributed by atoms with Crippen molar-refractivity contribution in [3.8, 4) is 0 Å². The van der Waals surface area contributed by atoms with E-state index in [4.69, 9.17) is 0 Å². The van der Waals surface area contributed by atoms with Crippen molar-refractivity contribution in [3.63, 3.8) is 0 Å². The zero-order valence-electron chi connectivity index (χ0n) is 15.1. The van der Waals surface area contributed by atoms with Crippen LogP contribution < -0.4 is 0 Å². The minimum atomic E-state index is -0.606. The molecule has 4 amide bonds. The molecule has 138 valence electrons. The SMILES string of the molecule is CC(c1ccccc1)N1C(=O)C2CN(C(=O)c3ccccc3)CCN2C1=O. The Morgan fingerprint density at radius 1 is 0.963 bits per heavy atom. The molecule has 0 radical (unpaired) electrons. The second-order valence-electron chi connectivity index (χ2n) is 6.90. The van der Waals surface area contributed by atoms with Gasteiger partial charge in [0, 0.05) is 18.7 Å². The number of imide groups is 1. The molecule has 4 rings (SSSR count). The number of urea groups is 1. The van der Waals surface area contributed by atoms with Gasteiger partial charge >= 0.3 is 6.03 Å². The third kappa shape index (κ3) is 2.97. The molecule has 2 fully saturated rings. The lowest BCUT2D eigenvalue weighted by molar-refractivity contribution is -0.130. The van der Waals surface area contributed by atoms with Gasteiger partial charge in [-0.3, -0.25) is 14.5 Å². The predicted octanol–water partition coefficient (Wildman–Crippen LogP) is 2.54. The van der Waals surface area contributed by atoms with Gasteiger partial charge in [-0.05, 0) is 24.6 Å². The van der Waals surface area contributed by atoms with Crippen molar-refractivity contribution in [3.05, 3.63) is 71.8 Å². The topological polar surface area (TPSA) is 60.9 Å². The highest BCUT2D eigenvalue weighted by Crippen LogP contribution is 2.30. The second kappa shape index (κ2) is 6.87. The molecule has 2 atom stereocenters. The normalized spacial score (nSPS) is 20.6. The maximum atomic E-state index is 13.0. The average Bonchev–Trinajstić information content (AvgIpc) is 2.98. The molecular weight excluding hydrogens is 342 g/mol. The maximum Gasteiger partial charge on any atom is 0.328 e. The van der Waals surface area contributed by atoms with E-state index in [1.165, 1.54) is 4.90 Å². The minimum absolute atomic E-state index is 0.106. The first kappa shape index (κ1) is 17.3. The highest BCUT2D eigenvalue weighted by Gasteiger charge is 2.50. The summed E-state index contributed by atoms with van der Waals surface area (Å²) in [4.78, 5) is 43.1. The number of carbonyl (C=O) groups is 3. The van der Waals surface area contributed by atoms with E-state index in [0.29, 0.717) is 18.7 Å². The van der Waals surface area contributed by atoms with Crippen LogP contribution in [0.3, 0.4) is 0 Å². The van der Waals surface area contributed by atoms with Gasteiger partial charge in [-0.2, -0.15) is 0 Å². The highest BCUT2D eigenvalue weighted by atomic mass is 16.2. The van der Waals surface area contributed by atoms with Gasteiger partial charge in [-0.15, -0.1) is 0 Å². The molecule has 0 spiro atoms. The Bertz CT molecular complexity index is 869. The van der Waals surface area contributed by atoms with E-state index in [1.807, 2.05) is 55.5 Å². The summed E-state index contributed by atoms with van der Waals surface area (Å²) in [6.07, 6.45) is 0.